The fraction of sp³-hybridized carbons (Fsp3) is 0.167. The van der Waals surface area contributed by atoms with Gasteiger partial charge in [0.25, 0.3) is 0 Å². The molecule has 4 aromatic rings. The molecule has 0 atom stereocenters. The van der Waals surface area contributed by atoms with Crippen LogP contribution in [0.25, 0.3) is 17.4 Å². The van der Waals surface area contributed by atoms with Crippen molar-refractivity contribution in [1.29, 1.82) is 0 Å². The zero-order valence-electron chi connectivity index (χ0n) is 20.5. The monoisotopic (exact) mass is 549 g/mol. The van der Waals surface area contributed by atoms with Crippen LogP contribution in [-0.2, 0) is 11.3 Å². The molecule has 0 spiro atoms. The second-order valence-corrected chi connectivity index (χ2v) is 9.96. The Morgan fingerprint density at radius 3 is 2.34 bits per heavy atom. The molecule has 1 aliphatic rings. The van der Waals surface area contributed by atoms with Gasteiger partial charge in [0.05, 0.1) is 0 Å². The highest BCUT2D eigenvalue weighted by Crippen LogP contribution is 2.29. The summed E-state index contributed by atoms with van der Waals surface area (Å²) in [5, 5.41) is 3.91. The Kier molecular flexibility index (Phi) is 8.13. The van der Waals surface area contributed by atoms with Gasteiger partial charge in [0.15, 0.2) is 0 Å². The minimum absolute atomic E-state index is 0.153. The summed E-state index contributed by atoms with van der Waals surface area (Å²) in [5.41, 5.74) is 3.29. The zero-order chi connectivity index (χ0) is 26.5. The summed E-state index contributed by atoms with van der Waals surface area (Å²) in [7, 11) is 0. The SMILES string of the molecule is O=C(/C=C/c1ccc(-c2cc(Cl)cc(Cl)c2)o1)Nc1ccc(N2CCN(Cc3ccccc3F)CC2)cc1. The number of hydrogen-bond donors (Lipinski definition) is 1. The molecule has 8 heteroatoms. The lowest BCUT2D eigenvalue weighted by Gasteiger charge is -2.36. The summed E-state index contributed by atoms with van der Waals surface area (Å²) < 4.78 is 19.8. The smallest absolute Gasteiger partial charge is 0.248 e. The third-order valence-electron chi connectivity index (χ3n) is 6.40. The lowest BCUT2D eigenvalue weighted by Crippen LogP contribution is -2.46. The number of furan rings is 1. The minimum Gasteiger partial charge on any atom is -0.457 e. The molecular formula is C30H26Cl2FN3O2. The first-order valence-electron chi connectivity index (χ1n) is 12.3. The average Bonchev–Trinajstić information content (AvgIpc) is 3.39. The Labute approximate surface area is 231 Å². The van der Waals surface area contributed by atoms with Gasteiger partial charge < -0.3 is 14.6 Å². The van der Waals surface area contributed by atoms with E-state index in [2.05, 4.69) is 15.1 Å². The third kappa shape index (κ3) is 6.64. The Morgan fingerprint density at radius 2 is 1.63 bits per heavy atom. The second-order valence-electron chi connectivity index (χ2n) is 9.08. The molecule has 5 rings (SSSR count). The number of anilines is 2. The van der Waals surface area contributed by atoms with Crippen molar-refractivity contribution in [2.24, 2.45) is 0 Å². The largest absolute Gasteiger partial charge is 0.457 e. The van der Waals surface area contributed by atoms with Gasteiger partial charge in [0, 0.05) is 71.3 Å². The van der Waals surface area contributed by atoms with Crippen LogP contribution in [0.4, 0.5) is 15.8 Å². The van der Waals surface area contributed by atoms with Crippen molar-refractivity contribution in [3.63, 3.8) is 0 Å². The lowest BCUT2D eigenvalue weighted by molar-refractivity contribution is -0.111. The number of piperazine rings is 1. The van der Waals surface area contributed by atoms with Gasteiger partial charge >= 0.3 is 0 Å². The molecular weight excluding hydrogens is 524 g/mol. The zero-order valence-corrected chi connectivity index (χ0v) is 22.1. The van der Waals surface area contributed by atoms with E-state index in [0.29, 0.717) is 33.8 Å². The van der Waals surface area contributed by atoms with E-state index in [0.717, 1.165) is 43.0 Å². The quantitative estimate of drug-likeness (QED) is 0.244. The first-order valence-corrected chi connectivity index (χ1v) is 13.0. The molecule has 0 saturated carbocycles. The summed E-state index contributed by atoms with van der Waals surface area (Å²) in [6.07, 6.45) is 3.04. The number of carbonyl (C=O) groups is 1. The van der Waals surface area contributed by atoms with E-state index in [1.54, 1.807) is 42.5 Å². The maximum Gasteiger partial charge on any atom is 0.248 e. The van der Waals surface area contributed by atoms with Gasteiger partial charge in [-0.05, 0) is 66.7 Å². The van der Waals surface area contributed by atoms with E-state index in [9.17, 15) is 9.18 Å². The topological polar surface area (TPSA) is 48.7 Å². The van der Waals surface area contributed by atoms with E-state index < -0.39 is 0 Å². The molecule has 5 nitrogen and oxygen atoms in total. The van der Waals surface area contributed by atoms with Crippen LogP contribution in [0.5, 0.6) is 0 Å². The van der Waals surface area contributed by atoms with Crippen molar-refractivity contribution in [1.82, 2.24) is 4.90 Å². The fourth-order valence-electron chi connectivity index (χ4n) is 4.42. The standard InChI is InChI=1S/C30H26Cl2FN3O2/c31-23-17-22(18-24(32)19-23)29-11-9-27(38-29)10-12-30(37)34-25-5-7-26(8-6-25)36-15-13-35(14-16-36)20-21-3-1-2-4-28(21)33/h1-12,17-19H,13-16,20H2,(H,34,37)/b12-10+. The number of rotatable bonds is 7. The van der Waals surface area contributed by atoms with Gasteiger partial charge in [-0.2, -0.15) is 0 Å². The van der Waals surface area contributed by atoms with Gasteiger partial charge in [0.1, 0.15) is 17.3 Å². The molecule has 2 heterocycles. The Hall–Kier alpha value is -3.58. The van der Waals surface area contributed by atoms with Crippen molar-refractivity contribution in [3.05, 3.63) is 112 Å². The number of benzene rings is 3. The van der Waals surface area contributed by atoms with Crippen molar-refractivity contribution < 1.29 is 13.6 Å². The van der Waals surface area contributed by atoms with Crippen molar-refractivity contribution in [2.45, 2.75) is 6.54 Å². The van der Waals surface area contributed by atoms with Gasteiger partial charge in [-0.15, -0.1) is 0 Å². The lowest BCUT2D eigenvalue weighted by atomic mass is 10.1. The molecule has 1 saturated heterocycles. The van der Waals surface area contributed by atoms with Crippen LogP contribution in [-0.4, -0.2) is 37.0 Å². The van der Waals surface area contributed by atoms with Gasteiger partial charge in [-0.1, -0.05) is 41.4 Å². The van der Waals surface area contributed by atoms with E-state index in [1.807, 2.05) is 36.4 Å². The Bertz CT molecular complexity index is 1420. The van der Waals surface area contributed by atoms with Gasteiger partial charge in [0.2, 0.25) is 5.91 Å². The predicted molar refractivity (Wildman–Crippen MR) is 152 cm³/mol. The molecule has 1 fully saturated rings. The highest BCUT2D eigenvalue weighted by atomic mass is 35.5. The molecule has 1 amide bonds. The number of carbonyl (C=O) groups excluding carboxylic acids is 1. The minimum atomic E-state index is -0.261. The maximum atomic E-state index is 14.0. The number of hydrogen-bond acceptors (Lipinski definition) is 4. The predicted octanol–water partition coefficient (Wildman–Crippen LogP) is 7.37. The first kappa shape index (κ1) is 26.0. The Morgan fingerprint density at radius 1 is 0.921 bits per heavy atom. The van der Waals surface area contributed by atoms with E-state index in [1.165, 1.54) is 12.1 Å². The summed E-state index contributed by atoms with van der Waals surface area (Å²) in [5.74, 6) is 0.733. The van der Waals surface area contributed by atoms with Crippen LogP contribution >= 0.6 is 23.2 Å². The van der Waals surface area contributed by atoms with Crippen LogP contribution in [0.15, 0.2) is 89.4 Å². The molecule has 1 N–H and O–H groups in total. The number of halogens is 3. The molecule has 38 heavy (non-hydrogen) atoms. The second kappa shape index (κ2) is 11.9. The van der Waals surface area contributed by atoms with Crippen molar-refractivity contribution in [3.8, 4) is 11.3 Å². The van der Waals surface area contributed by atoms with Crippen molar-refractivity contribution >= 4 is 46.6 Å². The average molecular weight is 550 g/mol. The molecule has 1 aromatic heterocycles. The summed E-state index contributed by atoms with van der Waals surface area (Å²) in [6, 6.07) is 23.5. The van der Waals surface area contributed by atoms with Gasteiger partial charge in [-0.25, -0.2) is 4.39 Å². The van der Waals surface area contributed by atoms with Crippen LogP contribution in [0.1, 0.15) is 11.3 Å². The number of nitrogens with one attached hydrogen (secondary N) is 1. The van der Waals surface area contributed by atoms with E-state index in [4.69, 9.17) is 27.6 Å². The van der Waals surface area contributed by atoms with Crippen LogP contribution in [0, 0.1) is 5.82 Å². The highest BCUT2D eigenvalue weighted by molar-refractivity contribution is 6.35. The molecule has 0 unspecified atom stereocenters. The molecule has 194 valence electrons. The molecule has 0 radical (unpaired) electrons. The fourth-order valence-corrected chi connectivity index (χ4v) is 4.95. The molecule has 0 aliphatic carbocycles. The molecule has 0 bridgehead atoms. The maximum absolute atomic E-state index is 14.0. The first-order chi connectivity index (χ1) is 18.4. The van der Waals surface area contributed by atoms with Crippen molar-refractivity contribution in [2.75, 3.05) is 36.4 Å². The summed E-state index contributed by atoms with van der Waals surface area (Å²) in [4.78, 5) is 17.0. The molecule has 3 aromatic carbocycles. The van der Waals surface area contributed by atoms with Gasteiger partial charge in [-0.3, -0.25) is 9.69 Å². The normalized spacial score (nSPS) is 14.2. The number of amides is 1. The van der Waals surface area contributed by atoms with Crippen LogP contribution < -0.4 is 10.2 Å². The van der Waals surface area contributed by atoms with E-state index in [-0.39, 0.29) is 11.7 Å². The van der Waals surface area contributed by atoms with E-state index >= 15 is 0 Å². The van der Waals surface area contributed by atoms with Crippen LogP contribution in [0.2, 0.25) is 10.0 Å². The third-order valence-corrected chi connectivity index (χ3v) is 6.83. The number of nitrogens with zero attached hydrogens (tertiary/aromatic N) is 2. The summed E-state index contributed by atoms with van der Waals surface area (Å²) >= 11 is 12.1. The summed E-state index contributed by atoms with van der Waals surface area (Å²) in [6.45, 7) is 4.05. The molecule has 1 aliphatic heterocycles. The highest BCUT2D eigenvalue weighted by Gasteiger charge is 2.18. The Balaban J connectivity index is 1.12. The van der Waals surface area contributed by atoms with Crippen LogP contribution in [0.3, 0.4) is 0 Å².